The molecule has 2 aromatic rings. The number of aryl methyl sites for hydroxylation is 1. The predicted octanol–water partition coefficient (Wildman–Crippen LogP) is 5.59. The first-order chi connectivity index (χ1) is 10.0. The van der Waals surface area contributed by atoms with Crippen LogP contribution in [0.2, 0.25) is 0 Å². The summed E-state index contributed by atoms with van der Waals surface area (Å²) < 4.78 is 0. The molecule has 0 heterocycles. The summed E-state index contributed by atoms with van der Waals surface area (Å²) in [6.45, 7) is 8.85. The van der Waals surface area contributed by atoms with Gasteiger partial charge in [0.2, 0.25) is 0 Å². The predicted molar refractivity (Wildman–Crippen MR) is 93.4 cm³/mol. The quantitative estimate of drug-likeness (QED) is 0.722. The van der Waals surface area contributed by atoms with Crippen LogP contribution in [-0.4, -0.2) is 6.04 Å². The van der Waals surface area contributed by atoms with E-state index in [0.29, 0.717) is 6.04 Å². The molecule has 0 aliphatic rings. The average molecular weight is 282 g/mol. The van der Waals surface area contributed by atoms with Crippen molar-refractivity contribution in [2.24, 2.45) is 5.92 Å². The second-order valence-electron chi connectivity index (χ2n) is 6.24. The molecule has 112 valence electrons. The van der Waals surface area contributed by atoms with Crippen molar-refractivity contribution in [3.8, 4) is 0 Å². The molecule has 0 saturated heterocycles. The molecule has 0 amide bonds. The van der Waals surface area contributed by atoms with E-state index in [0.717, 1.165) is 17.3 Å². The molecule has 2 rings (SSSR count). The van der Waals surface area contributed by atoms with Gasteiger partial charge in [-0.15, -0.1) is 0 Å². The second-order valence-corrected chi connectivity index (χ2v) is 6.24. The van der Waals surface area contributed by atoms with Crippen molar-refractivity contribution in [2.45, 2.75) is 40.2 Å². The average Bonchev–Trinajstić information content (AvgIpc) is 2.42. The van der Waals surface area contributed by atoms with Gasteiger partial charge in [0, 0.05) is 23.1 Å². The van der Waals surface area contributed by atoms with Crippen molar-refractivity contribution in [1.29, 1.82) is 0 Å². The molecule has 0 fully saturated rings. The first-order valence-corrected chi connectivity index (χ1v) is 7.73. The summed E-state index contributed by atoms with van der Waals surface area (Å²) in [7, 11) is 0. The number of hydrogen-bond donors (Lipinski definition) is 2. The topological polar surface area (TPSA) is 24.1 Å². The minimum Gasteiger partial charge on any atom is -0.383 e. The number of hydrogen-bond acceptors (Lipinski definition) is 2. The van der Waals surface area contributed by atoms with Gasteiger partial charge in [-0.1, -0.05) is 31.5 Å². The van der Waals surface area contributed by atoms with Gasteiger partial charge in [-0.25, -0.2) is 0 Å². The molecule has 0 aliphatic heterocycles. The van der Waals surface area contributed by atoms with Gasteiger partial charge in [-0.3, -0.25) is 0 Å². The number of rotatable bonds is 6. The van der Waals surface area contributed by atoms with Gasteiger partial charge >= 0.3 is 0 Å². The SMILES string of the molecule is Cc1ccc(Nc2ccc(NC(C)CC(C)C)cc2)cc1. The number of nitrogens with one attached hydrogen (secondary N) is 2. The molecule has 2 aromatic carbocycles. The lowest BCUT2D eigenvalue weighted by Gasteiger charge is -2.17. The van der Waals surface area contributed by atoms with E-state index < -0.39 is 0 Å². The molecule has 1 atom stereocenters. The molecule has 0 saturated carbocycles. The summed E-state index contributed by atoms with van der Waals surface area (Å²) in [6.07, 6.45) is 1.18. The van der Waals surface area contributed by atoms with Crippen LogP contribution in [0.15, 0.2) is 48.5 Å². The van der Waals surface area contributed by atoms with E-state index in [-0.39, 0.29) is 0 Å². The molecule has 21 heavy (non-hydrogen) atoms. The highest BCUT2D eigenvalue weighted by atomic mass is 14.9. The maximum Gasteiger partial charge on any atom is 0.0385 e. The van der Waals surface area contributed by atoms with Crippen LogP contribution in [0.5, 0.6) is 0 Å². The van der Waals surface area contributed by atoms with Gasteiger partial charge in [0.05, 0.1) is 0 Å². The van der Waals surface area contributed by atoms with Crippen molar-refractivity contribution in [2.75, 3.05) is 10.6 Å². The van der Waals surface area contributed by atoms with Crippen molar-refractivity contribution >= 4 is 17.1 Å². The molecule has 2 N–H and O–H groups in total. The van der Waals surface area contributed by atoms with E-state index in [1.165, 1.54) is 17.7 Å². The Labute approximate surface area is 128 Å². The fourth-order valence-electron chi connectivity index (χ4n) is 2.50. The monoisotopic (exact) mass is 282 g/mol. The van der Waals surface area contributed by atoms with Gasteiger partial charge in [0.25, 0.3) is 0 Å². The second kappa shape index (κ2) is 7.16. The van der Waals surface area contributed by atoms with Crippen LogP contribution < -0.4 is 10.6 Å². The molecule has 0 bridgehead atoms. The molecule has 0 aliphatic carbocycles. The van der Waals surface area contributed by atoms with Crippen LogP contribution in [0.25, 0.3) is 0 Å². The van der Waals surface area contributed by atoms with Crippen LogP contribution in [0, 0.1) is 12.8 Å². The fraction of sp³-hybridized carbons (Fsp3) is 0.368. The van der Waals surface area contributed by atoms with Gasteiger partial charge in [-0.2, -0.15) is 0 Å². The van der Waals surface area contributed by atoms with Crippen LogP contribution >= 0.6 is 0 Å². The lowest BCUT2D eigenvalue weighted by atomic mass is 10.1. The lowest BCUT2D eigenvalue weighted by Crippen LogP contribution is -2.17. The molecular weight excluding hydrogens is 256 g/mol. The summed E-state index contributed by atoms with van der Waals surface area (Å²) in [4.78, 5) is 0. The van der Waals surface area contributed by atoms with E-state index in [1.54, 1.807) is 0 Å². The Morgan fingerprint density at radius 1 is 0.762 bits per heavy atom. The standard InChI is InChI=1S/C19H26N2/c1-14(2)13-16(4)20-17-9-11-19(12-10-17)21-18-7-5-15(3)6-8-18/h5-12,14,16,20-21H,13H2,1-4H3. The third-order valence-corrected chi connectivity index (χ3v) is 3.46. The van der Waals surface area contributed by atoms with Gasteiger partial charge in [0.15, 0.2) is 0 Å². The molecule has 0 radical (unpaired) electrons. The highest BCUT2D eigenvalue weighted by Crippen LogP contribution is 2.20. The zero-order valence-corrected chi connectivity index (χ0v) is 13.5. The maximum absolute atomic E-state index is 3.54. The Hall–Kier alpha value is -1.96. The summed E-state index contributed by atoms with van der Waals surface area (Å²) in [6, 6.07) is 17.4. The van der Waals surface area contributed by atoms with Crippen molar-refractivity contribution in [3.63, 3.8) is 0 Å². The fourth-order valence-corrected chi connectivity index (χ4v) is 2.50. The lowest BCUT2D eigenvalue weighted by molar-refractivity contribution is 0.540. The van der Waals surface area contributed by atoms with Crippen LogP contribution in [0.1, 0.15) is 32.8 Å². The van der Waals surface area contributed by atoms with Crippen molar-refractivity contribution in [3.05, 3.63) is 54.1 Å². The highest BCUT2D eigenvalue weighted by molar-refractivity contribution is 5.62. The smallest absolute Gasteiger partial charge is 0.0385 e. The molecule has 2 nitrogen and oxygen atoms in total. The van der Waals surface area contributed by atoms with Crippen LogP contribution in [0.4, 0.5) is 17.1 Å². The summed E-state index contributed by atoms with van der Waals surface area (Å²) in [5.41, 5.74) is 4.69. The van der Waals surface area contributed by atoms with Crippen molar-refractivity contribution < 1.29 is 0 Å². The minimum atomic E-state index is 0.501. The van der Waals surface area contributed by atoms with E-state index in [2.05, 4.69) is 86.9 Å². The first kappa shape index (κ1) is 15.4. The summed E-state index contributed by atoms with van der Waals surface area (Å²) in [5, 5.41) is 6.96. The Morgan fingerprint density at radius 2 is 1.24 bits per heavy atom. The first-order valence-electron chi connectivity index (χ1n) is 7.73. The van der Waals surface area contributed by atoms with E-state index in [4.69, 9.17) is 0 Å². The molecule has 1 unspecified atom stereocenters. The normalized spacial score (nSPS) is 12.2. The molecule has 0 spiro atoms. The third kappa shape index (κ3) is 5.14. The van der Waals surface area contributed by atoms with Gasteiger partial charge in [0.1, 0.15) is 0 Å². The zero-order chi connectivity index (χ0) is 15.2. The molecule has 2 heteroatoms. The Kier molecular flexibility index (Phi) is 5.26. The van der Waals surface area contributed by atoms with Gasteiger partial charge in [-0.05, 0) is 62.6 Å². The van der Waals surface area contributed by atoms with Crippen molar-refractivity contribution in [1.82, 2.24) is 0 Å². The van der Waals surface area contributed by atoms with E-state index in [1.807, 2.05) is 0 Å². The number of anilines is 3. The highest BCUT2D eigenvalue weighted by Gasteiger charge is 2.04. The maximum atomic E-state index is 3.54. The number of benzene rings is 2. The van der Waals surface area contributed by atoms with Crippen LogP contribution in [-0.2, 0) is 0 Å². The Balaban J connectivity index is 1.94. The molecule has 0 aromatic heterocycles. The Morgan fingerprint density at radius 3 is 1.76 bits per heavy atom. The van der Waals surface area contributed by atoms with E-state index in [9.17, 15) is 0 Å². The van der Waals surface area contributed by atoms with Crippen LogP contribution in [0.3, 0.4) is 0 Å². The summed E-state index contributed by atoms with van der Waals surface area (Å²) >= 11 is 0. The zero-order valence-electron chi connectivity index (χ0n) is 13.5. The molecular formula is C19H26N2. The largest absolute Gasteiger partial charge is 0.383 e. The minimum absolute atomic E-state index is 0.501. The van der Waals surface area contributed by atoms with E-state index >= 15 is 0 Å². The third-order valence-electron chi connectivity index (χ3n) is 3.46. The van der Waals surface area contributed by atoms with Gasteiger partial charge < -0.3 is 10.6 Å². The summed E-state index contributed by atoms with van der Waals surface area (Å²) in [5.74, 6) is 0.718. The Bertz CT molecular complexity index is 541.